The third kappa shape index (κ3) is 4.28. The first kappa shape index (κ1) is 17.8. The summed E-state index contributed by atoms with van der Waals surface area (Å²) in [6, 6.07) is 4.91. The predicted octanol–water partition coefficient (Wildman–Crippen LogP) is 3.31. The Kier molecular flexibility index (Phi) is 4.87. The molecule has 0 saturated heterocycles. The van der Waals surface area contributed by atoms with Gasteiger partial charge in [0, 0.05) is 23.0 Å². The minimum absolute atomic E-state index is 0.184. The number of ether oxygens (including phenoxy) is 1. The number of aromatic nitrogens is 1. The van der Waals surface area contributed by atoms with Gasteiger partial charge in [-0.05, 0) is 51.8 Å². The molecule has 1 aromatic carbocycles. The highest BCUT2D eigenvalue weighted by Gasteiger charge is 2.25. The minimum Gasteiger partial charge on any atom is -0.480 e. The van der Waals surface area contributed by atoms with Crippen LogP contribution in [0.15, 0.2) is 18.2 Å². The average Bonchev–Trinajstić information content (AvgIpc) is 2.71. The monoisotopic (exact) mass is 332 g/mol. The number of nitrogens with one attached hydrogen (secondary N) is 2. The quantitative estimate of drug-likeness (QED) is 0.801. The molecule has 3 N–H and O–H groups in total. The number of hydrogen-bond donors (Lipinski definition) is 3. The number of aryl methyl sites for hydroxylation is 2. The summed E-state index contributed by atoms with van der Waals surface area (Å²) < 4.78 is 5.15. The topological polar surface area (TPSA) is 91.4 Å². The average molecular weight is 332 g/mol. The molecule has 0 aliphatic rings. The summed E-state index contributed by atoms with van der Waals surface area (Å²) in [6.07, 6.45) is -0.549. The van der Waals surface area contributed by atoms with Crippen molar-refractivity contribution in [3.8, 4) is 0 Å². The van der Waals surface area contributed by atoms with Crippen molar-refractivity contribution in [2.24, 2.45) is 0 Å². The molecule has 1 aromatic heterocycles. The van der Waals surface area contributed by atoms with Crippen LogP contribution < -0.4 is 5.32 Å². The van der Waals surface area contributed by atoms with Gasteiger partial charge in [0.1, 0.15) is 11.6 Å². The molecular weight excluding hydrogens is 308 g/mol. The second kappa shape index (κ2) is 6.55. The number of amides is 1. The van der Waals surface area contributed by atoms with Gasteiger partial charge in [-0.3, -0.25) is 0 Å². The van der Waals surface area contributed by atoms with Gasteiger partial charge in [0.2, 0.25) is 0 Å². The second-order valence-corrected chi connectivity index (χ2v) is 7.02. The van der Waals surface area contributed by atoms with Gasteiger partial charge in [0.25, 0.3) is 0 Å². The Morgan fingerprint density at radius 3 is 2.54 bits per heavy atom. The minimum atomic E-state index is -1.10. The molecule has 1 amide bonds. The first-order valence-corrected chi connectivity index (χ1v) is 7.87. The van der Waals surface area contributed by atoms with Crippen LogP contribution in [0.3, 0.4) is 0 Å². The summed E-state index contributed by atoms with van der Waals surface area (Å²) in [4.78, 5) is 26.7. The van der Waals surface area contributed by atoms with E-state index in [9.17, 15) is 14.7 Å². The maximum absolute atomic E-state index is 11.9. The third-order valence-corrected chi connectivity index (χ3v) is 3.67. The summed E-state index contributed by atoms with van der Waals surface area (Å²) in [5.41, 5.74) is 3.18. The van der Waals surface area contributed by atoms with Gasteiger partial charge in [-0.15, -0.1) is 0 Å². The summed E-state index contributed by atoms with van der Waals surface area (Å²) in [6.45, 7) is 9.09. The van der Waals surface area contributed by atoms with Crippen LogP contribution in [0.2, 0.25) is 0 Å². The van der Waals surface area contributed by atoms with E-state index in [4.69, 9.17) is 4.74 Å². The van der Waals surface area contributed by atoms with E-state index in [2.05, 4.69) is 10.3 Å². The number of benzene rings is 1. The van der Waals surface area contributed by atoms with Gasteiger partial charge in [0.15, 0.2) is 0 Å². The largest absolute Gasteiger partial charge is 0.480 e. The van der Waals surface area contributed by atoms with Crippen LogP contribution in [0.5, 0.6) is 0 Å². The molecule has 6 heteroatoms. The molecule has 2 aromatic rings. The van der Waals surface area contributed by atoms with E-state index in [1.807, 2.05) is 32.0 Å². The molecule has 0 fully saturated rings. The van der Waals surface area contributed by atoms with Gasteiger partial charge in [-0.25, -0.2) is 9.59 Å². The zero-order valence-electron chi connectivity index (χ0n) is 14.7. The Hall–Kier alpha value is -2.50. The van der Waals surface area contributed by atoms with Gasteiger partial charge in [-0.2, -0.15) is 0 Å². The van der Waals surface area contributed by atoms with Crippen molar-refractivity contribution in [3.05, 3.63) is 35.0 Å². The van der Waals surface area contributed by atoms with Crippen molar-refractivity contribution in [1.29, 1.82) is 0 Å². The molecule has 24 heavy (non-hydrogen) atoms. The molecule has 0 aliphatic heterocycles. The lowest BCUT2D eigenvalue weighted by atomic mass is 10.0. The van der Waals surface area contributed by atoms with Crippen LogP contribution in [-0.4, -0.2) is 33.8 Å². The molecule has 0 bridgehead atoms. The van der Waals surface area contributed by atoms with Crippen LogP contribution in [0.4, 0.5) is 4.79 Å². The van der Waals surface area contributed by atoms with E-state index < -0.39 is 23.7 Å². The fourth-order valence-electron chi connectivity index (χ4n) is 2.62. The van der Waals surface area contributed by atoms with Gasteiger partial charge in [0.05, 0.1) is 0 Å². The predicted molar refractivity (Wildman–Crippen MR) is 92.3 cm³/mol. The number of H-pyrrole nitrogens is 1. The molecule has 2 rings (SSSR count). The number of fused-ring (bicyclic) bond motifs is 1. The van der Waals surface area contributed by atoms with E-state index in [1.54, 1.807) is 20.8 Å². The van der Waals surface area contributed by atoms with Gasteiger partial charge < -0.3 is 20.1 Å². The number of carboxylic acid groups (broad SMARTS) is 1. The number of aliphatic carboxylic acids is 1. The maximum Gasteiger partial charge on any atom is 0.408 e. The van der Waals surface area contributed by atoms with Gasteiger partial charge >= 0.3 is 12.1 Å². The first-order valence-electron chi connectivity index (χ1n) is 7.87. The number of alkyl carbamates (subject to hydrolysis) is 1. The van der Waals surface area contributed by atoms with Crippen LogP contribution in [0.1, 0.15) is 37.6 Å². The summed E-state index contributed by atoms with van der Waals surface area (Å²) in [7, 11) is 0. The van der Waals surface area contributed by atoms with Crippen molar-refractivity contribution in [3.63, 3.8) is 0 Å². The Bertz CT molecular complexity index is 771. The molecule has 1 atom stereocenters. The van der Waals surface area contributed by atoms with Crippen molar-refractivity contribution in [1.82, 2.24) is 10.3 Å². The standard InChI is InChI=1S/C18H24N2O4/c1-10-6-7-12-13(11(2)19-14(12)8-10)9-15(16(21)22)20-17(23)24-18(3,4)5/h6-8,15,19H,9H2,1-5H3,(H,20,23)(H,21,22). The van der Waals surface area contributed by atoms with Crippen LogP contribution in [-0.2, 0) is 16.0 Å². The molecule has 0 saturated carbocycles. The number of rotatable bonds is 4. The number of carbonyl (C=O) groups excluding carboxylic acids is 1. The molecule has 1 heterocycles. The van der Waals surface area contributed by atoms with Crippen molar-refractivity contribution in [2.45, 2.75) is 52.7 Å². The number of carboxylic acids is 1. The van der Waals surface area contributed by atoms with E-state index >= 15 is 0 Å². The molecule has 0 radical (unpaired) electrons. The molecule has 0 aliphatic carbocycles. The smallest absolute Gasteiger partial charge is 0.408 e. The van der Waals surface area contributed by atoms with E-state index in [1.165, 1.54) is 0 Å². The molecular formula is C18H24N2O4. The molecule has 6 nitrogen and oxygen atoms in total. The highest BCUT2D eigenvalue weighted by molar-refractivity contribution is 5.87. The SMILES string of the molecule is Cc1ccc2c(CC(NC(=O)OC(C)(C)C)C(=O)O)c(C)[nH]c2c1. The normalized spacial score (nSPS) is 12.9. The number of hydrogen-bond acceptors (Lipinski definition) is 3. The molecule has 130 valence electrons. The number of aromatic amines is 1. The van der Waals surface area contributed by atoms with E-state index in [0.717, 1.165) is 27.7 Å². The highest BCUT2D eigenvalue weighted by atomic mass is 16.6. The highest BCUT2D eigenvalue weighted by Crippen LogP contribution is 2.24. The molecule has 1 unspecified atom stereocenters. The van der Waals surface area contributed by atoms with Crippen molar-refractivity contribution < 1.29 is 19.4 Å². The van der Waals surface area contributed by atoms with E-state index in [0.29, 0.717) is 0 Å². The second-order valence-electron chi connectivity index (χ2n) is 7.02. The zero-order valence-corrected chi connectivity index (χ0v) is 14.7. The summed E-state index contributed by atoms with van der Waals surface area (Å²) in [5.74, 6) is -1.10. The number of carbonyl (C=O) groups is 2. The fourth-order valence-corrected chi connectivity index (χ4v) is 2.62. The first-order chi connectivity index (χ1) is 11.1. The Morgan fingerprint density at radius 2 is 1.96 bits per heavy atom. The van der Waals surface area contributed by atoms with Crippen LogP contribution in [0, 0.1) is 13.8 Å². The lowest BCUT2D eigenvalue weighted by Gasteiger charge is -2.22. The van der Waals surface area contributed by atoms with Crippen LogP contribution >= 0.6 is 0 Å². The molecule has 0 spiro atoms. The Morgan fingerprint density at radius 1 is 1.29 bits per heavy atom. The van der Waals surface area contributed by atoms with Crippen LogP contribution in [0.25, 0.3) is 10.9 Å². The van der Waals surface area contributed by atoms with E-state index in [-0.39, 0.29) is 6.42 Å². The third-order valence-electron chi connectivity index (χ3n) is 3.67. The summed E-state index contributed by atoms with van der Waals surface area (Å²) in [5, 5.41) is 12.9. The maximum atomic E-state index is 11.9. The lowest BCUT2D eigenvalue weighted by molar-refractivity contribution is -0.139. The Labute approximate surface area is 141 Å². The summed E-state index contributed by atoms with van der Waals surface area (Å²) >= 11 is 0. The Balaban J connectivity index is 2.24. The van der Waals surface area contributed by atoms with Crippen molar-refractivity contribution in [2.75, 3.05) is 0 Å². The van der Waals surface area contributed by atoms with Crippen molar-refractivity contribution >= 4 is 23.0 Å². The fraction of sp³-hybridized carbons (Fsp3) is 0.444. The lowest BCUT2D eigenvalue weighted by Crippen LogP contribution is -2.44. The zero-order chi connectivity index (χ0) is 18.1. The van der Waals surface area contributed by atoms with Gasteiger partial charge in [-0.1, -0.05) is 12.1 Å².